The fourth-order valence-corrected chi connectivity index (χ4v) is 4.29. The first-order chi connectivity index (χ1) is 9.50. The van der Waals surface area contributed by atoms with Crippen molar-refractivity contribution in [3.8, 4) is 0 Å². The Morgan fingerprint density at radius 1 is 1.43 bits per heavy atom. The molecule has 2 rings (SSSR count). The van der Waals surface area contributed by atoms with E-state index in [1.165, 1.54) is 13.1 Å². The van der Waals surface area contributed by atoms with Gasteiger partial charge in [0, 0.05) is 13.2 Å². The molecule has 0 saturated heterocycles. The van der Waals surface area contributed by atoms with E-state index in [0.717, 1.165) is 22.2 Å². The number of nitrogens with zero attached hydrogens (tertiary/aromatic N) is 2. The topological polar surface area (TPSA) is 64.0 Å². The molecule has 0 saturated carbocycles. The Kier molecular flexibility index (Phi) is 3.98. The first kappa shape index (κ1) is 16.1. The van der Waals surface area contributed by atoms with Gasteiger partial charge in [-0.3, -0.25) is 9.40 Å². The predicted octanol–water partition coefficient (Wildman–Crippen LogP) is 3.26. The molecule has 21 heavy (non-hydrogen) atoms. The van der Waals surface area contributed by atoms with Crippen LogP contribution in [0.2, 0.25) is 4.34 Å². The fourth-order valence-electron chi connectivity index (χ4n) is 1.53. The summed E-state index contributed by atoms with van der Waals surface area (Å²) < 4.78 is 65.4. The second-order valence-electron chi connectivity index (χ2n) is 4.19. The highest BCUT2D eigenvalue weighted by atomic mass is 35.5. The van der Waals surface area contributed by atoms with Crippen LogP contribution in [0.5, 0.6) is 0 Å². The van der Waals surface area contributed by atoms with Gasteiger partial charge >= 0.3 is 6.18 Å². The maximum Gasteiger partial charge on any atom is 0.437 e. The molecular weight excluding hydrogens is 351 g/mol. The molecule has 0 atom stereocenters. The van der Waals surface area contributed by atoms with Gasteiger partial charge in [-0.2, -0.15) is 18.3 Å². The predicted molar refractivity (Wildman–Crippen MR) is 73.1 cm³/mol. The minimum absolute atomic E-state index is 0.165. The molecular formula is C10H9ClF3N3O2S2. The molecule has 0 fully saturated rings. The van der Waals surface area contributed by atoms with Crippen molar-refractivity contribution < 1.29 is 21.6 Å². The number of aryl methyl sites for hydroxylation is 2. The number of anilines is 1. The summed E-state index contributed by atoms with van der Waals surface area (Å²) in [5, 5.41) is 3.22. The molecule has 0 unspecified atom stereocenters. The first-order valence-corrected chi connectivity index (χ1v) is 8.08. The van der Waals surface area contributed by atoms with E-state index in [4.69, 9.17) is 11.6 Å². The lowest BCUT2D eigenvalue weighted by Crippen LogP contribution is -2.15. The highest BCUT2D eigenvalue weighted by Gasteiger charge is 2.38. The van der Waals surface area contributed by atoms with E-state index in [9.17, 15) is 21.6 Å². The second kappa shape index (κ2) is 5.18. The Hall–Kier alpha value is -1.26. The minimum atomic E-state index is -4.76. The maximum absolute atomic E-state index is 12.8. The molecule has 0 amide bonds. The van der Waals surface area contributed by atoms with Crippen LogP contribution in [0.4, 0.5) is 18.9 Å². The average Bonchev–Trinajstić information content (AvgIpc) is 2.82. The molecule has 0 aliphatic carbocycles. The Balaban J connectivity index is 2.42. The number of hydrogen-bond donors (Lipinski definition) is 1. The summed E-state index contributed by atoms with van der Waals surface area (Å²) in [7, 11) is -2.89. The van der Waals surface area contributed by atoms with Gasteiger partial charge in [-0.25, -0.2) is 8.42 Å². The molecule has 2 aromatic rings. The Bertz CT molecular complexity index is 761. The quantitative estimate of drug-likeness (QED) is 0.914. The number of nitrogens with one attached hydrogen (secondary N) is 1. The minimum Gasteiger partial charge on any atom is -0.275 e. The molecule has 0 aliphatic rings. The molecule has 0 radical (unpaired) electrons. The lowest BCUT2D eigenvalue weighted by molar-refractivity contribution is -0.140. The first-order valence-electron chi connectivity index (χ1n) is 5.40. The summed E-state index contributed by atoms with van der Waals surface area (Å²) in [4.78, 5) is 0. The van der Waals surface area contributed by atoms with Crippen molar-refractivity contribution in [2.45, 2.75) is 17.3 Å². The van der Waals surface area contributed by atoms with Crippen molar-refractivity contribution in [1.29, 1.82) is 0 Å². The molecule has 2 heterocycles. The number of thiophene rings is 1. The summed E-state index contributed by atoms with van der Waals surface area (Å²) in [5.74, 6) is 0. The van der Waals surface area contributed by atoms with Crippen molar-refractivity contribution in [1.82, 2.24) is 9.78 Å². The fraction of sp³-hybridized carbons (Fsp3) is 0.300. The van der Waals surface area contributed by atoms with Crippen molar-refractivity contribution in [2.24, 2.45) is 7.05 Å². The van der Waals surface area contributed by atoms with Crippen LogP contribution in [-0.4, -0.2) is 18.2 Å². The van der Waals surface area contributed by atoms with E-state index >= 15 is 0 Å². The van der Waals surface area contributed by atoms with E-state index in [1.54, 1.807) is 6.92 Å². The van der Waals surface area contributed by atoms with Gasteiger partial charge < -0.3 is 0 Å². The third kappa shape index (κ3) is 3.33. The van der Waals surface area contributed by atoms with Crippen LogP contribution in [-0.2, 0) is 23.2 Å². The zero-order chi connectivity index (χ0) is 16.0. The van der Waals surface area contributed by atoms with E-state index < -0.39 is 27.6 Å². The normalized spacial score (nSPS) is 12.7. The molecule has 0 bridgehead atoms. The van der Waals surface area contributed by atoms with Gasteiger partial charge in [-0.05, 0) is 18.6 Å². The summed E-state index contributed by atoms with van der Waals surface area (Å²) in [6.07, 6.45) is -3.81. The number of hydrogen-bond acceptors (Lipinski definition) is 4. The van der Waals surface area contributed by atoms with Crippen LogP contribution in [0.3, 0.4) is 0 Å². The third-order valence-electron chi connectivity index (χ3n) is 2.44. The maximum atomic E-state index is 12.8. The smallest absolute Gasteiger partial charge is 0.275 e. The van der Waals surface area contributed by atoms with Crippen LogP contribution < -0.4 is 4.72 Å². The summed E-state index contributed by atoms with van der Waals surface area (Å²) in [5.41, 5.74) is -1.40. The van der Waals surface area contributed by atoms with Crippen molar-refractivity contribution in [2.75, 3.05) is 4.72 Å². The van der Waals surface area contributed by atoms with Gasteiger partial charge in [0.05, 0.1) is 10.0 Å². The molecule has 2 aromatic heterocycles. The second-order valence-corrected chi connectivity index (χ2v) is 7.75. The molecule has 0 aliphatic heterocycles. The van der Waals surface area contributed by atoms with Crippen molar-refractivity contribution >= 4 is 38.6 Å². The van der Waals surface area contributed by atoms with Gasteiger partial charge in [0.15, 0.2) is 5.69 Å². The average molecular weight is 360 g/mol. The van der Waals surface area contributed by atoms with Gasteiger partial charge in [-0.1, -0.05) is 11.6 Å². The van der Waals surface area contributed by atoms with Crippen LogP contribution in [0.15, 0.2) is 16.5 Å². The van der Waals surface area contributed by atoms with Crippen LogP contribution in [0.25, 0.3) is 0 Å². The number of sulfonamides is 1. The lowest BCUT2D eigenvalue weighted by atomic mass is 10.4. The largest absolute Gasteiger partial charge is 0.437 e. The van der Waals surface area contributed by atoms with Crippen molar-refractivity contribution in [3.63, 3.8) is 0 Å². The molecule has 11 heteroatoms. The van der Waals surface area contributed by atoms with Crippen LogP contribution in [0, 0.1) is 6.92 Å². The van der Waals surface area contributed by atoms with E-state index in [-0.39, 0.29) is 8.55 Å². The third-order valence-corrected chi connectivity index (χ3v) is 5.84. The molecule has 1 N–H and O–H groups in total. The van der Waals surface area contributed by atoms with Gasteiger partial charge in [-0.15, -0.1) is 11.3 Å². The Labute approximate surface area is 127 Å². The van der Waals surface area contributed by atoms with Gasteiger partial charge in [0.2, 0.25) is 0 Å². The lowest BCUT2D eigenvalue weighted by Gasteiger charge is -2.08. The molecule has 0 spiro atoms. The number of aromatic nitrogens is 2. The molecule has 0 aromatic carbocycles. The standard InChI is InChI=1S/C10H9ClF3N3O2S2/c1-5-3-7(20-9(5)11)21(18,19)16-6-4-17(2)15-8(6)10(12,13)14/h3-4,16H,1-2H3. The van der Waals surface area contributed by atoms with Crippen molar-refractivity contribution in [3.05, 3.63) is 27.9 Å². The van der Waals surface area contributed by atoms with Gasteiger partial charge in [0.25, 0.3) is 10.0 Å². The zero-order valence-corrected chi connectivity index (χ0v) is 13.1. The van der Waals surface area contributed by atoms with E-state index in [0.29, 0.717) is 5.56 Å². The van der Waals surface area contributed by atoms with E-state index in [1.807, 2.05) is 4.72 Å². The van der Waals surface area contributed by atoms with Crippen LogP contribution >= 0.6 is 22.9 Å². The Morgan fingerprint density at radius 3 is 2.52 bits per heavy atom. The summed E-state index contributed by atoms with van der Waals surface area (Å²) in [6.45, 7) is 1.60. The van der Waals surface area contributed by atoms with Crippen LogP contribution in [0.1, 0.15) is 11.3 Å². The zero-order valence-electron chi connectivity index (χ0n) is 10.7. The van der Waals surface area contributed by atoms with E-state index in [2.05, 4.69) is 5.10 Å². The number of rotatable bonds is 3. The highest BCUT2D eigenvalue weighted by Crippen LogP contribution is 2.36. The Morgan fingerprint density at radius 2 is 2.05 bits per heavy atom. The summed E-state index contributed by atoms with van der Waals surface area (Å²) in [6, 6.07) is 1.29. The van der Waals surface area contributed by atoms with Gasteiger partial charge in [0.1, 0.15) is 4.21 Å². The number of halogens is 4. The molecule has 116 valence electrons. The monoisotopic (exact) mass is 359 g/mol. The summed E-state index contributed by atoms with van der Waals surface area (Å²) >= 11 is 6.54. The molecule has 5 nitrogen and oxygen atoms in total. The SMILES string of the molecule is Cc1cc(S(=O)(=O)Nc2cn(C)nc2C(F)(F)F)sc1Cl. The highest BCUT2D eigenvalue weighted by molar-refractivity contribution is 7.94. The number of alkyl halides is 3.